The van der Waals surface area contributed by atoms with Crippen molar-refractivity contribution in [3.05, 3.63) is 17.8 Å². The van der Waals surface area contributed by atoms with Crippen molar-refractivity contribution in [2.24, 2.45) is 0 Å². The highest BCUT2D eigenvalue weighted by molar-refractivity contribution is 5.52. The zero-order valence-corrected chi connectivity index (χ0v) is 9.58. The molecule has 0 aromatic carbocycles. The summed E-state index contributed by atoms with van der Waals surface area (Å²) in [5, 5.41) is 0. The van der Waals surface area contributed by atoms with E-state index in [0.717, 1.165) is 24.2 Å². The van der Waals surface area contributed by atoms with Crippen LogP contribution in [-0.2, 0) is 5.41 Å². The Morgan fingerprint density at radius 1 is 1.40 bits per heavy atom. The van der Waals surface area contributed by atoms with Gasteiger partial charge in [-0.2, -0.15) is 0 Å². The molecule has 0 spiro atoms. The summed E-state index contributed by atoms with van der Waals surface area (Å²) in [6, 6.07) is 1.91. The molecule has 1 aliphatic rings. The summed E-state index contributed by atoms with van der Waals surface area (Å²) in [5.74, 6) is 1.48. The molecule has 1 aromatic heterocycles. The van der Waals surface area contributed by atoms with E-state index >= 15 is 0 Å². The lowest BCUT2D eigenvalue weighted by molar-refractivity contribution is 0.294. The topological polar surface area (TPSA) is 48.1 Å². The number of nitrogens with zero attached hydrogens (tertiary/aromatic N) is 1. The summed E-state index contributed by atoms with van der Waals surface area (Å²) in [6.07, 6.45) is 4.42. The van der Waals surface area contributed by atoms with Gasteiger partial charge in [0.2, 0.25) is 0 Å². The lowest BCUT2D eigenvalue weighted by atomic mass is 9.86. The minimum Gasteiger partial charge on any atom is -0.490 e. The van der Waals surface area contributed by atoms with Crippen molar-refractivity contribution in [2.45, 2.75) is 45.1 Å². The van der Waals surface area contributed by atoms with Crippen LogP contribution in [0.15, 0.2) is 12.3 Å². The van der Waals surface area contributed by atoms with Crippen molar-refractivity contribution in [1.29, 1.82) is 0 Å². The van der Waals surface area contributed by atoms with Crippen LogP contribution in [0, 0.1) is 0 Å². The highest BCUT2D eigenvalue weighted by Crippen LogP contribution is 2.37. The Morgan fingerprint density at radius 3 is 2.60 bits per heavy atom. The molecule has 0 aliphatic heterocycles. The third kappa shape index (κ3) is 2.22. The van der Waals surface area contributed by atoms with Crippen molar-refractivity contribution in [3.63, 3.8) is 0 Å². The molecular formula is C12H18N2O. The fourth-order valence-electron chi connectivity index (χ4n) is 1.68. The van der Waals surface area contributed by atoms with Crippen molar-refractivity contribution < 1.29 is 4.74 Å². The summed E-state index contributed by atoms with van der Waals surface area (Å²) in [6.45, 7) is 6.38. The zero-order chi connectivity index (χ0) is 11.1. The molecule has 1 heterocycles. The molecule has 1 saturated carbocycles. The second kappa shape index (κ2) is 3.40. The van der Waals surface area contributed by atoms with E-state index in [0.29, 0.717) is 11.9 Å². The molecule has 1 aromatic rings. The van der Waals surface area contributed by atoms with Gasteiger partial charge in [-0.3, -0.25) is 0 Å². The van der Waals surface area contributed by atoms with Crippen LogP contribution in [0.3, 0.4) is 0 Å². The fourth-order valence-corrected chi connectivity index (χ4v) is 1.68. The third-order valence-electron chi connectivity index (χ3n) is 2.51. The third-order valence-corrected chi connectivity index (χ3v) is 2.51. The number of hydrogen-bond donors (Lipinski definition) is 1. The van der Waals surface area contributed by atoms with Crippen LogP contribution in [0.2, 0.25) is 0 Å². The van der Waals surface area contributed by atoms with Crippen LogP contribution >= 0.6 is 0 Å². The molecule has 0 saturated heterocycles. The van der Waals surface area contributed by atoms with Gasteiger partial charge in [-0.25, -0.2) is 4.98 Å². The molecule has 0 unspecified atom stereocenters. The van der Waals surface area contributed by atoms with Crippen molar-refractivity contribution in [3.8, 4) is 5.75 Å². The van der Waals surface area contributed by atoms with E-state index in [9.17, 15) is 0 Å². The largest absolute Gasteiger partial charge is 0.490 e. The summed E-state index contributed by atoms with van der Waals surface area (Å²) in [7, 11) is 0. The molecule has 1 aliphatic carbocycles. The molecule has 0 atom stereocenters. The van der Waals surface area contributed by atoms with E-state index in [2.05, 4.69) is 25.8 Å². The van der Waals surface area contributed by atoms with Gasteiger partial charge in [0.25, 0.3) is 0 Å². The van der Waals surface area contributed by atoms with Crippen LogP contribution in [0.25, 0.3) is 0 Å². The Morgan fingerprint density at radius 2 is 2.07 bits per heavy atom. The van der Waals surface area contributed by atoms with E-state index in [4.69, 9.17) is 10.5 Å². The van der Waals surface area contributed by atoms with Crippen molar-refractivity contribution in [2.75, 3.05) is 5.73 Å². The molecule has 2 N–H and O–H groups in total. The van der Waals surface area contributed by atoms with Gasteiger partial charge in [-0.05, 0) is 24.3 Å². The van der Waals surface area contributed by atoms with E-state index in [1.807, 2.05) is 6.07 Å². The number of pyridine rings is 1. The van der Waals surface area contributed by atoms with Crippen molar-refractivity contribution >= 4 is 5.82 Å². The van der Waals surface area contributed by atoms with E-state index in [1.165, 1.54) is 0 Å². The SMILES string of the molecule is CC(C)(C)c1c(OC2CC2)ccnc1N. The predicted molar refractivity (Wildman–Crippen MR) is 61.0 cm³/mol. The summed E-state index contributed by atoms with van der Waals surface area (Å²) in [4.78, 5) is 4.13. The van der Waals surface area contributed by atoms with Crippen LogP contribution in [0.4, 0.5) is 5.82 Å². The molecule has 3 nitrogen and oxygen atoms in total. The van der Waals surface area contributed by atoms with Gasteiger partial charge in [0.05, 0.1) is 6.10 Å². The Labute approximate surface area is 90.7 Å². The molecule has 15 heavy (non-hydrogen) atoms. The second-order valence-electron chi connectivity index (χ2n) is 5.14. The number of nitrogens with two attached hydrogens (primary N) is 1. The maximum Gasteiger partial charge on any atom is 0.130 e. The maximum atomic E-state index is 5.91. The molecular weight excluding hydrogens is 188 g/mol. The molecule has 2 rings (SSSR count). The van der Waals surface area contributed by atoms with Gasteiger partial charge >= 0.3 is 0 Å². The van der Waals surface area contributed by atoms with Gasteiger partial charge < -0.3 is 10.5 Å². The van der Waals surface area contributed by atoms with Gasteiger partial charge in [-0.1, -0.05) is 20.8 Å². The highest BCUT2D eigenvalue weighted by atomic mass is 16.5. The van der Waals surface area contributed by atoms with E-state index in [1.54, 1.807) is 6.20 Å². The van der Waals surface area contributed by atoms with E-state index < -0.39 is 0 Å². The number of rotatable bonds is 2. The first-order chi connectivity index (χ1) is 6.98. The lowest BCUT2D eigenvalue weighted by Gasteiger charge is -2.23. The first-order valence-electron chi connectivity index (χ1n) is 5.40. The van der Waals surface area contributed by atoms with Gasteiger partial charge in [0.15, 0.2) is 0 Å². The Kier molecular flexibility index (Phi) is 2.33. The van der Waals surface area contributed by atoms with Crippen molar-refractivity contribution in [1.82, 2.24) is 4.98 Å². The normalized spacial score (nSPS) is 16.5. The Balaban J connectivity index is 2.38. The average Bonchev–Trinajstić information content (AvgIpc) is 2.85. The molecule has 3 heteroatoms. The average molecular weight is 206 g/mol. The minimum atomic E-state index is -0.0252. The number of ether oxygens (including phenoxy) is 1. The standard InChI is InChI=1S/C12H18N2O/c1-12(2,3)10-9(15-8-4-5-8)6-7-14-11(10)13/h6-8H,4-5H2,1-3H3,(H2,13,14). The first kappa shape index (κ1) is 10.3. The van der Waals surface area contributed by atoms with Gasteiger partial charge in [0.1, 0.15) is 11.6 Å². The van der Waals surface area contributed by atoms with Gasteiger partial charge in [0, 0.05) is 11.8 Å². The fraction of sp³-hybridized carbons (Fsp3) is 0.583. The zero-order valence-electron chi connectivity index (χ0n) is 9.58. The van der Waals surface area contributed by atoms with E-state index in [-0.39, 0.29) is 5.41 Å². The number of aromatic nitrogens is 1. The monoisotopic (exact) mass is 206 g/mol. The van der Waals surface area contributed by atoms with Crippen LogP contribution in [0.5, 0.6) is 5.75 Å². The molecule has 1 fully saturated rings. The number of nitrogen functional groups attached to an aromatic ring is 1. The summed E-state index contributed by atoms with van der Waals surface area (Å²) < 4.78 is 5.84. The maximum absolute atomic E-state index is 5.91. The molecule has 0 bridgehead atoms. The molecule has 82 valence electrons. The minimum absolute atomic E-state index is 0.0252. The smallest absolute Gasteiger partial charge is 0.130 e. The first-order valence-corrected chi connectivity index (χ1v) is 5.40. The molecule has 0 amide bonds. The highest BCUT2D eigenvalue weighted by Gasteiger charge is 2.28. The molecule has 0 radical (unpaired) electrons. The summed E-state index contributed by atoms with van der Waals surface area (Å²) in [5.41, 5.74) is 6.91. The second-order valence-corrected chi connectivity index (χ2v) is 5.14. The van der Waals surface area contributed by atoms with Crippen LogP contribution in [0.1, 0.15) is 39.2 Å². The Hall–Kier alpha value is -1.25. The quantitative estimate of drug-likeness (QED) is 0.808. The van der Waals surface area contributed by atoms with Gasteiger partial charge in [-0.15, -0.1) is 0 Å². The Bertz CT molecular complexity index is 364. The lowest BCUT2D eigenvalue weighted by Crippen LogP contribution is -2.17. The van der Waals surface area contributed by atoms with Crippen LogP contribution < -0.4 is 10.5 Å². The number of hydrogen-bond acceptors (Lipinski definition) is 3. The number of anilines is 1. The summed E-state index contributed by atoms with van der Waals surface area (Å²) >= 11 is 0. The predicted octanol–water partition coefficient (Wildman–Crippen LogP) is 2.50. The van der Waals surface area contributed by atoms with Crippen LogP contribution in [-0.4, -0.2) is 11.1 Å².